The van der Waals surface area contributed by atoms with E-state index in [9.17, 15) is 10.1 Å². The summed E-state index contributed by atoms with van der Waals surface area (Å²) in [5, 5.41) is 31.5. The largest absolute Gasteiger partial charge is 0.396 e. The molecule has 4 N–H and O–H groups in total. The summed E-state index contributed by atoms with van der Waals surface area (Å²) < 4.78 is 2.45. The Morgan fingerprint density at radius 2 is 2.00 bits per heavy atom. The van der Waals surface area contributed by atoms with Gasteiger partial charge in [0.15, 0.2) is 0 Å². The number of thiol groups is 1. The number of hydrogen-bond donors (Lipinski definition) is 5. The molecule has 0 aliphatic rings. The van der Waals surface area contributed by atoms with Gasteiger partial charge in [0.2, 0.25) is 0 Å². The maximum absolute atomic E-state index is 10.9. The molecule has 0 aliphatic carbocycles. The summed E-state index contributed by atoms with van der Waals surface area (Å²) in [6, 6.07) is 2.92. The number of hydrogen-bond acceptors (Lipinski definition) is 7. The highest BCUT2D eigenvalue weighted by atomic mass is 32.1. The zero-order valence-electron chi connectivity index (χ0n) is 9.59. The van der Waals surface area contributed by atoms with Gasteiger partial charge in [0.25, 0.3) is 5.69 Å². The molecule has 8 heteroatoms. The first-order valence-electron chi connectivity index (χ1n) is 5.31. The van der Waals surface area contributed by atoms with Crippen LogP contribution >= 0.6 is 12.8 Å². The van der Waals surface area contributed by atoms with Crippen molar-refractivity contribution in [3.63, 3.8) is 0 Å². The number of nitrogens with one attached hydrogen (secondary N) is 2. The lowest BCUT2D eigenvalue weighted by Gasteiger charge is -2.12. The molecule has 0 heterocycles. The second-order valence-corrected chi connectivity index (χ2v) is 3.74. The second-order valence-electron chi connectivity index (χ2n) is 3.52. The lowest BCUT2D eigenvalue weighted by atomic mass is 10.1. The highest BCUT2D eigenvalue weighted by molar-refractivity contribution is 7.81. The highest BCUT2D eigenvalue weighted by Gasteiger charge is 2.17. The van der Waals surface area contributed by atoms with Gasteiger partial charge in [-0.15, -0.1) is 0 Å². The number of benzene rings is 1. The molecule has 1 aromatic carbocycles. The Bertz CT molecular complexity index is 428. The molecule has 0 bridgehead atoms. The number of rotatable bonds is 7. The number of aliphatic hydroxyl groups excluding tert-OH is 2. The van der Waals surface area contributed by atoms with Crippen LogP contribution in [0.4, 0.5) is 17.1 Å². The first-order valence-corrected chi connectivity index (χ1v) is 5.75. The van der Waals surface area contributed by atoms with Crippen LogP contribution in [0.2, 0.25) is 0 Å². The lowest BCUT2D eigenvalue weighted by Crippen LogP contribution is -2.09. The lowest BCUT2D eigenvalue weighted by molar-refractivity contribution is -0.383. The molecule has 1 rings (SSSR count). The maximum atomic E-state index is 10.9. The molecule has 0 amide bonds. The van der Waals surface area contributed by atoms with Gasteiger partial charge in [0.05, 0.1) is 11.5 Å². The van der Waals surface area contributed by atoms with Crippen LogP contribution in [0, 0.1) is 10.1 Å². The van der Waals surface area contributed by atoms with Crippen molar-refractivity contribution in [1.29, 1.82) is 0 Å². The molecule has 0 spiro atoms. The molecule has 0 radical (unpaired) electrons. The van der Waals surface area contributed by atoms with E-state index in [1.54, 1.807) is 6.07 Å². The smallest absolute Gasteiger partial charge is 0.295 e. The van der Waals surface area contributed by atoms with Crippen LogP contribution in [0.1, 0.15) is 5.56 Å². The predicted molar refractivity (Wildman–Crippen MR) is 72.1 cm³/mol. The number of nitro groups is 1. The van der Waals surface area contributed by atoms with E-state index in [-0.39, 0.29) is 31.1 Å². The first-order chi connectivity index (χ1) is 8.63. The average Bonchev–Trinajstić information content (AvgIpc) is 2.36. The van der Waals surface area contributed by atoms with Gasteiger partial charge in [-0.05, 0) is 18.1 Å². The Labute approximate surface area is 110 Å². The summed E-state index contributed by atoms with van der Waals surface area (Å²) in [6.45, 7) is 0.125. The van der Waals surface area contributed by atoms with Crippen LogP contribution in [0.5, 0.6) is 0 Å². The van der Waals surface area contributed by atoms with E-state index in [2.05, 4.69) is 22.9 Å². The molecule has 0 aromatic heterocycles. The van der Waals surface area contributed by atoms with Crippen molar-refractivity contribution in [2.75, 3.05) is 29.8 Å². The van der Waals surface area contributed by atoms with Crippen LogP contribution in [0.3, 0.4) is 0 Å². The maximum Gasteiger partial charge on any atom is 0.295 e. The molecular weight excluding hydrogens is 258 g/mol. The number of aliphatic hydroxyl groups is 2. The SMILES string of the molecule is O=[N+]([O-])c1cc(NCCO)c(CCO)cc1NS. The molecule has 0 saturated heterocycles. The highest BCUT2D eigenvalue weighted by Crippen LogP contribution is 2.32. The number of anilines is 2. The fourth-order valence-electron chi connectivity index (χ4n) is 1.56. The van der Waals surface area contributed by atoms with Crippen molar-refractivity contribution in [1.82, 2.24) is 0 Å². The third-order valence-electron chi connectivity index (χ3n) is 2.35. The van der Waals surface area contributed by atoms with Crippen molar-refractivity contribution in [3.8, 4) is 0 Å². The minimum absolute atomic E-state index is 0.0718. The summed E-state index contributed by atoms with van der Waals surface area (Å²) in [5.41, 5.74) is 1.39. The van der Waals surface area contributed by atoms with Crippen LogP contribution in [0.15, 0.2) is 12.1 Å². The number of nitro benzene ring substituents is 1. The van der Waals surface area contributed by atoms with Gasteiger partial charge in [0, 0.05) is 24.9 Å². The first kappa shape index (κ1) is 14.6. The van der Waals surface area contributed by atoms with Crippen LogP contribution < -0.4 is 10.0 Å². The summed E-state index contributed by atoms with van der Waals surface area (Å²) in [4.78, 5) is 10.4. The van der Waals surface area contributed by atoms with Crippen LogP contribution in [-0.4, -0.2) is 34.9 Å². The van der Waals surface area contributed by atoms with E-state index in [0.29, 0.717) is 17.7 Å². The monoisotopic (exact) mass is 273 g/mol. The van der Waals surface area contributed by atoms with Crippen molar-refractivity contribution < 1.29 is 15.1 Å². The van der Waals surface area contributed by atoms with Crippen molar-refractivity contribution >= 4 is 29.9 Å². The summed E-state index contributed by atoms with van der Waals surface area (Å²) in [6.07, 6.45) is 0.355. The molecule has 0 aliphatic heterocycles. The summed E-state index contributed by atoms with van der Waals surface area (Å²) >= 11 is 3.82. The number of nitrogens with zero attached hydrogens (tertiary/aromatic N) is 1. The minimum Gasteiger partial charge on any atom is -0.396 e. The van der Waals surface area contributed by atoms with E-state index in [1.807, 2.05) is 0 Å². The Balaban J connectivity index is 3.18. The van der Waals surface area contributed by atoms with Gasteiger partial charge in [-0.3, -0.25) is 10.1 Å². The molecule has 0 atom stereocenters. The van der Waals surface area contributed by atoms with Gasteiger partial charge in [-0.1, -0.05) is 12.8 Å². The van der Waals surface area contributed by atoms with E-state index >= 15 is 0 Å². The standard InChI is InChI=1S/C10H15N3O4S/c14-3-1-7-5-9(12-18)10(13(16)17)6-8(7)11-2-4-15/h5-6,11-12,14-15,18H,1-4H2. The van der Waals surface area contributed by atoms with Gasteiger partial charge in [-0.25, -0.2) is 0 Å². The zero-order chi connectivity index (χ0) is 13.5. The Morgan fingerprint density at radius 1 is 1.28 bits per heavy atom. The van der Waals surface area contributed by atoms with Crippen molar-refractivity contribution in [3.05, 3.63) is 27.8 Å². The van der Waals surface area contributed by atoms with E-state index in [4.69, 9.17) is 10.2 Å². The fourth-order valence-corrected chi connectivity index (χ4v) is 1.74. The van der Waals surface area contributed by atoms with Crippen LogP contribution in [-0.2, 0) is 6.42 Å². The Kier molecular flexibility index (Phi) is 5.69. The summed E-state index contributed by atoms with van der Waals surface area (Å²) in [5.74, 6) is 0. The van der Waals surface area contributed by atoms with Gasteiger partial charge in [0.1, 0.15) is 5.69 Å². The third-order valence-corrected chi connectivity index (χ3v) is 2.59. The van der Waals surface area contributed by atoms with E-state index in [0.717, 1.165) is 0 Å². The quantitative estimate of drug-likeness (QED) is 0.285. The minimum atomic E-state index is -0.522. The molecule has 0 unspecified atom stereocenters. The molecule has 100 valence electrons. The van der Waals surface area contributed by atoms with E-state index in [1.165, 1.54) is 6.07 Å². The van der Waals surface area contributed by atoms with E-state index < -0.39 is 4.92 Å². The van der Waals surface area contributed by atoms with Gasteiger partial charge in [-0.2, -0.15) is 0 Å². The second kappa shape index (κ2) is 7.04. The molecular formula is C10H15N3O4S. The topological polar surface area (TPSA) is 108 Å². The molecule has 0 fully saturated rings. The van der Waals surface area contributed by atoms with Crippen molar-refractivity contribution in [2.24, 2.45) is 0 Å². The molecule has 7 nitrogen and oxygen atoms in total. The normalized spacial score (nSPS) is 10.2. The molecule has 1 aromatic rings. The summed E-state index contributed by atoms with van der Waals surface area (Å²) in [7, 11) is 0. The average molecular weight is 273 g/mol. The zero-order valence-corrected chi connectivity index (χ0v) is 10.5. The van der Waals surface area contributed by atoms with Gasteiger partial charge >= 0.3 is 0 Å². The third kappa shape index (κ3) is 3.49. The molecule has 18 heavy (non-hydrogen) atoms. The van der Waals surface area contributed by atoms with Crippen LogP contribution in [0.25, 0.3) is 0 Å². The Morgan fingerprint density at radius 3 is 2.50 bits per heavy atom. The van der Waals surface area contributed by atoms with Gasteiger partial charge < -0.3 is 20.3 Å². The Hall–Kier alpha value is -1.51. The molecule has 0 saturated carbocycles. The predicted octanol–water partition coefficient (Wildman–Crippen LogP) is 0.790. The fraction of sp³-hybridized carbons (Fsp3) is 0.400. The van der Waals surface area contributed by atoms with Crippen molar-refractivity contribution in [2.45, 2.75) is 6.42 Å².